The number of ether oxygens (including phenoxy) is 2. The summed E-state index contributed by atoms with van der Waals surface area (Å²) in [6.45, 7) is 8.56. The fraction of sp³-hybridized carbons (Fsp3) is 0.379. The van der Waals surface area contributed by atoms with Gasteiger partial charge in [-0.3, -0.25) is 0 Å². The van der Waals surface area contributed by atoms with E-state index < -0.39 is 0 Å². The molecule has 0 spiro atoms. The van der Waals surface area contributed by atoms with E-state index in [9.17, 15) is 0 Å². The Bertz CT molecular complexity index is 1360. The van der Waals surface area contributed by atoms with E-state index in [2.05, 4.69) is 66.6 Å². The topological polar surface area (TPSA) is 51.9 Å². The van der Waals surface area contributed by atoms with Crippen molar-refractivity contribution >= 4 is 23.9 Å². The van der Waals surface area contributed by atoms with E-state index in [1.165, 1.54) is 22.4 Å². The fourth-order valence-corrected chi connectivity index (χ4v) is 5.17. The van der Waals surface area contributed by atoms with Crippen molar-refractivity contribution in [3.63, 3.8) is 0 Å². The molecule has 0 fully saturated rings. The first-order valence-corrected chi connectivity index (χ1v) is 12.4. The van der Waals surface area contributed by atoms with E-state index in [0.717, 1.165) is 72.0 Å². The van der Waals surface area contributed by atoms with Crippen LogP contribution in [0.4, 0.5) is 5.82 Å². The number of rotatable bonds is 8. The van der Waals surface area contributed by atoms with Crippen LogP contribution >= 0.6 is 12.4 Å². The molecule has 4 aromatic rings. The third-order valence-corrected chi connectivity index (χ3v) is 7.00. The molecule has 1 aliphatic rings. The molecule has 0 unspecified atom stereocenters. The highest BCUT2D eigenvalue weighted by Crippen LogP contribution is 2.38. The molecule has 0 atom stereocenters. The molecule has 0 amide bonds. The number of methoxy groups -OCH3 is 2. The number of benzene rings is 2. The van der Waals surface area contributed by atoms with Gasteiger partial charge in [0.25, 0.3) is 0 Å². The minimum Gasteiger partial charge on any atom is -0.497 e. The van der Waals surface area contributed by atoms with Crippen molar-refractivity contribution in [3.05, 3.63) is 76.1 Å². The van der Waals surface area contributed by atoms with Crippen molar-refractivity contribution in [1.82, 2.24) is 14.6 Å². The van der Waals surface area contributed by atoms with Gasteiger partial charge < -0.3 is 14.4 Å². The van der Waals surface area contributed by atoms with Crippen LogP contribution in [-0.4, -0.2) is 42.0 Å². The first kappa shape index (κ1) is 26.0. The van der Waals surface area contributed by atoms with Gasteiger partial charge in [0.05, 0.1) is 19.4 Å². The number of aromatic nitrogens is 3. The molecule has 0 bridgehead atoms. The fourth-order valence-electron chi connectivity index (χ4n) is 5.17. The van der Waals surface area contributed by atoms with Gasteiger partial charge in [-0.25, -0.2) is 4.98 Å². The maximum absolute atomic E-state index is 5.52. The minimum absolute atomic E-state index is 0. The number of hydrogen-bond donors (Lipinski definition) is 0. The molecule has 2 aromatic heterocycles. The molecular weight excluding hydrogens is 472 g/mol. The zero-order chi connectivity index (χ0) is 24.5. The predicted octanol–water partition coefficient (Wildman–Crippen LogP) is 5.89. The quantitative estimate of drug-likeness (QED) is 0.298. The van der Waals surface area contributed by atoms with Gasteiger partial charge in [0.15, 0.2) is 5.65 Å². The number of nitrogens with zero attached hydrogens (tertiary/aromatic N) is 4. The van der Waals surface area contributed by atoms with Crippen molar-refractivity contribution in [3.8, 4) is 16.9 Å². The summed E-state index contributed by atoms with van der Waals surface area (Å²) >= 11 is 0. The maximum atomic E-state index is 5.52. The van der Waals surface area contributed by atoms with Gasteiger partial charge in [-0.1, -0.05) is 35.9 Å². The lowest BCUT2D eigenvalue weighted by Crippen LogP contribution is -2.30. The molecule has 0 saturated heterocycles. The number of halogens is 1. The van der Waals surface area contributed by atoms with Crippen molar-refractivity contribution in [2.24, 2.45) is 0 Å². The van der Waals surface area contributed by atoms with Crippen LogP contribution in [0.15, 0.2) is 42.5 Å². The highest BCUT2D eigenvalue weighted by molar-refractivity contribution is 5.85. The van der Waals surface area contributed by atoms with Crippen molar-refractivity contribution < 1.29 is 9.47 Å². The molecule has 2 aromatic carbocycles. The number of hydrogen-bond acceptors (Lipinski definition) is 5. The standard InChI is InChI=1S/C29H34N4O2.ClH/c1-19-9-11-22(12-10-19)18-32(15-16-34-4)29-25-7-6-8-26(25)30-28-27(21(3)31-33(28)29)24-14-13-23(35-5)17-20(24)2;/h9-14,17H,6-8,15-16,18H2,1-5H3;1H. The van der Waals surface area contributed by atoms with Gasteiger partial charge in [-0.15, -0.1) is 12.4 Å². The Balaban J connectivity index is 0.00000304. The Labute approximate surface area is 219 Å². The molecule has 0 aliphatic heterocycles. The normalized spacial score (nSPS) is 12.5. The molecule has 2 heterocycles. The summed E-state index contributed by atoms with van der Waals surface area (Å²) in [6.07, 6.45) is 3.16. The van der Waals surface area contributed by atoms with Crippen LogP contribution in [0.1, 0.15) is 40.1 Å². The molecule has 6 nitrogen and oxygen atoms in total. The minimum atomic E-state index is 0. The number of fused-ring (bicyclic) bond motifs is 2. The summed E-state index contributed by atoms with van der Waals surface area (Å²) in [6, 6.07) is 15.0. The zero-order valence-corrected chi connectivity index (χ0v) is 22.6. The zero-order valence-electron chi connectivity index (χ0n) is 21.8. The van der Waals surface area contributed by atoms with Gasteiger partial charge in [-0.05, 0) is 68.9 Å². The summed E-state index contributed by atoms with van der Waals surface area (Å²) < 4.78 is 13.0. The SMILES string of the molecule is COCCN(Cc1ccc(C)cc1)c1c2c(nc3c(-c4ccc(OC)cc4C)c(C)nn13)CCC2.Cl. The Hall–Kier alpha value is -3.09. The molecule has 36 heavy (non-hydrogen) atoms. The largest absolute Gasteiger partial charge is 0.497 e. The van der Waals surface area contributed by atoms with E-state index in [1.807, 2.05) is 6.07 Å². The Kier molecular flexibility index (Phi) is 7.86. The lowest BCUT2D eigenvalue weighted by atomic mass is 10.0. The lowest BCUT2D eigenvalue weighted by molar-refractivity contribution is 0.204. The smallest absolute Gasteiger partial charge is 0.165 e. The van der Waals surface area contributed by atoms with Crippen LogP contribution < -0.4 is 9.64 Å². The first-order chi connectivity index (χ1) is 17.0. The molecule has 5 rings (SSSR count). The number of anilines is 1. The summed E-state index contributed by atoms with van der Waals surface area (Å²) in [5.74, 6) is 2.01. The highest BCUT2D eigenvalue weighted by Gasteiger charge is 2.27. The molecule has 0 N–H and O–H groups in total. The van der Waals surface area contributed by atoms with Crippen LogP contribution in [0, 0.1) is 20.8 Å². The van der Waals surface area contributed by atoms with E-state index in [1.54, 1.807) is 14.2 Å². The van der Waals surface area contributed by atoms with Crippen LogP contribution in [0.3, 0.4) is 0 Å². The summed E-state index contributed by atoms with van der Waals surface area (Å²) in [4.78, 5) is 7.61. The van der Waals surface area contributed by atoms with Crippen molar-refractivity contribution in [2.45, 2.75) is 46.6 Å². The van der Waals surface area contributed by atoms with Gasteiger partial charge in [0.1, 0.15) is 11.6 Å². The van der Waals surface area contributed by atoms with Crippen molar-refractivity contribution in [2.75, 3.05) is 32.3 Å². The molecule has 0 saturated carbocycles. The Morgan fingerprint density at radius 3 is 2.47 bits per heavy atom. The maximum Gasteiger partial charge on any atom is 0.165 e. The molecule has 190 valence electrons. The van der Waals surface area contributed by atoms with Gasteiger partial charge in [0, 0.05) is 37.0 Å². The lowest BCUT2D eigenvalue weighted by Gasteiger charge is -2.27. The third-order valence-electron chi connectivity index (χ3n) is 7.00. The Morgan fingerprint density at radius 2 is 1.78 bits per heavy atom. The Morgan fingerprint density at radius 1 is 1.00 bits per heavy atom. The summed E-state index contributed by atoms with van der Waals surface area (Å²) in [7, 11) is 3.47. The van der Waals surface area contributed by atoms with E-state index in [-0.39, 0.29) is 12.4 Å². The molecule has 0 radical (unpaired) electrons. The van der Waals surface area contributed by atoms with E-state index in [4.69, 9.17) is 19.6 Å². The van der Waals surface area contributed by atoms with Crippen molar-refractivity contribution in [1.29, 1.82) is 0 Å². The number of aryl methyl sites for hydroxylation is 4. The van der Waals surface area contributed by atoms with Gasteiger partial charge in [-0.2, -0.15) is 9.61 Å². The van der Waals surface area contributed by atoms with E-state index in [0.29, 0.717) is 6.61 Å². The summed E-state index contributed by atoms with van der Waals surface area (Å²) in [5, 5.41) is 5.08. The van der Waals surface area contributed by atoms with Gasteiger partial charge >= 0.3 is 0 Å². The first-order valence-electron chi connectivity index (χ1n) is 12.4. The van der Waals surface area contributed by atoms with E-state index >= 15 is 0 Å². The second kappa shape index (κ2) is 10.9. The second-order valence-corrected chi connectivity index (χ2v) is 9.49. The highest BCUT2D eigenvalue weighted by atomic mass is 35.5. The molecular formula is C29H35ClN4O2. The van der Waals surface area contributed by atoms with Crippen LogP contribution in [0.25, 0.3) is 16.8 Å². The third kappa shape index (κ3) is 4.80. The molecule has 7 heteroatoms. The second-order valence-electron chi connectivity index (χ2n) is 9.49. The summed E-state index contributed by atoms with van der Waals surface area (Å²) in [5.41, 5.74) is 10.4. The molecule has 1 aliphatic carbocycles. The van der Waals surface area contributed by atoms with Crippen LogP contribution in [-0.2, 0) is 24.1 Å². The van der Waals surface area contributed by atoms with Crippen LogP contribution in [0.5, 0.6) is 5.75 Å². The van der Waals surface area contributed by atoms with Gasteiger partial charge in [0.2, 0.25) is 0 Å². The van der Waals surface area contributed by atoms with Crippen LogP contribution in [0.2, 0.25) is 0 Å². The monoisotopic (exact) mass is 506 g/mol. The average molecular weight is 507 g/mol. The predicted molar refractivity (Wildman–Crippen MR) is 148 cm³/mol. The average Bonchev–Trinajstić information content (AvgIpc) is 3.45.